The normalized spacial score (nSPS) is 16.3. The molecule has 1 amide bonds. The van der Waals surface area contributed by atoms with Crippen molar-refractivity contribution in [2.75, 3.05) is 18.8 Å². The van der Waals surface area contributed by atoms with Gasteiger partial charge in [0.05, 0.1) is 12.0 Å². The van der Waals surface area contributed by atoms with E-state index in [4.69, 9.17) is 0 Å². The Morgan fingerprint density at radius 1 is 1.24 bits per heavy atom. The second-order valence-corrected chi connectivity index (χ2v) is 7.18. The standard InChI is InChI=1S/C19H28N4OS/c1-3-5-10-23(11-6-4-2)14-17-9-7-8-16(12-17)13-20-22-19-21-18(24)15-25-19/h7-9,12-13H,3-6,10-11,14-15H2,1-2H3,(H,21,22,24). The van der Waals surface area contributed by atoms with Gasteiger partial charge in [0.2, 0.25) is 5.91 Å². The minimum absolute atomic E-state index is 0.0137. The lowest BCUT2D eigenvalue weighted by Crippen LogP contribution is -2.25. The predicted molar refractivity (Wildman–Crippen MR) is 107 cm³/mol. The molecular weight excluding hydrogens is 332 g/mol. The Morgan fingerprint density at radius 2 is 2.00 bits per heavy atom. The number of hydrogen-bond donors (Lipinski definition) is 1. The number of benzene rings is 1. The first kappa shape index (κ1) is 19.7. The van der Waals surface area contributed by atoms with Gasteiger partial charge in [0.25, 0.3) is 0 Å². The van der Waals surface area contributed by atoms with Crippen molar-refractivity contribution in [2.24, 2.45) is 10.2 Å². The number of nitrogens with one attached hydrogen (secondary N) is 1. The van der Waals surface area contributed by atoms with Gasteiger partial charge in [-0.1, -0.05) is 56.7 Å². The molecule has 1 saturated heterocycles. The fraction of sp³-hybridized carbons (Fsp3) is 0.526. The first-order valence-electron chi connectivity index (χ1n) is 9.06. The van der Waals surface area contributed by atoms with Crippen molar-refractivity contribution < 1.29 is 4.79 Å². The molecule has 1 heterocycles. The lowest BCUT2D eigenvalue weighted by Gasteiger charge is -2.22. The van der Waals surface area contributed by atoms with Gasteiger partial charge in [0.15, 0.2) is 5.17 Å². The van der Waals surface area contributed by atoms with Crippen LogP contribution in [0.2, 0.25) is 0 Å². The summed E-state index contributed by atoms with van der Waals surface area (Å²) in [6.07, 6.45) is 6.68. The molecule has 0 bridgehead atoms. The molecule has 25 heavy (non-hydrogen) atoms. The number of carbonyl (C=O) groups is 1. The van der Waals surface area contributed by atoms with E-state index in [2.05, 4.69) is 52.5 Å². The van der Waals surface area contributed by atoms with Crippen LogP contribution in [-0.4, -0.2) is 41.0 Å². The Bertz CT molecular complexity index is 607. The first-order chi connectivity index (χ1) is 12.2. The van der Waals surface area contributed by atoms with Crippen molar-refractivity contribution in [1.29, 1.82) is 0 Å². The highest BCUT2D eigenvalue weighted by Crippen LogP contribution is 2.11. The van der Waals surface area contributed by atoms with Crippen LogP contribution in [0.15, 0.2) is 34.5 Å². The lowest BCUT2D eigenvalue weighted by molar-refractivity contribution is -0.116. The number of nitrogens with zero attached hydrogens (tertiary/aromatic N) is 3. The summed E-state index contributed by atoms with van der Waals surface area (Å²) in [4.78, 5) is 13.7. The highest BCUT2D eigenvalue weighted by atomic mass is 32.2. The van der Waals surface area contributed by atoms with Gasteiger partial charge in [-0.25, -0.2) is 0 Å². The molecule has 0 aliphatic carbocycles. The van der Waals surface area contributed by atoms with Crippen molar-refractivity contribution >= 4 is 29.1 Å². The van der Waals surface area contributed by atoms with Gasteiger partial charge in [-0.2, -0.15) is 5.10 Å². The van der Waals surface area contributed by atoms with E-state index >= 15 is 0 Å². The molecule has 1 aromatic carbocycles. The van der Waals surface area contributed by atoms with Crippen molar-refractivity contribution in [3.63, 3.8) is 0 Å². The molecule has 5 nitrogen and oxygen atoms in total. The van der Waals surface area contributed by atoms with Gasteiger partial charge in [-0.3, -0.25) is 9.69 Å². The number of amides is 1. The molecule has 1 fully saturated rings. The Labute approximate surface area is 155 Å². The summed E-state index contributed by atoms with van der Waals surface area (Å²) in [6.45, 7) is 7.75. The summed E-state index contributed by atoms with van der Waals surface area (Å²) in [6, 6.07) is 8.42. The SMILES string of the molecule is CCCCN(CCCC)Cc1cccc(C=NN=C2NC(=O)CS2)c1. The van der Waals surface area contributed by atoms with Crippen LogP contribution >= 0.6 is 11.8 Å². The zero-order valence-corrected chi connectivity index (χ0v) is 16.0. The minimum atomic E-state index is -0.0137. The second kappa shape index (κ2) is 11.1. The number of unbranched alkanes of at least 4 members (excludes halogenated alkanes) is 2. The maximum absolute atomic E-state index is 11.1. The van der Waals surface area contributed by atoms with E-state index in [-0.39, 0.29) is 5.91 Å². The van der Waals surface area contributed by atoms with Crippen LogP contribution in [0.5, 0.6) is 0 Å². The van der Waals surface area contributed by atoms with Gasteiger partial charge in [-0.05, 0) is 43.1 Å². The summed E-state index contributed by atoms with van der Waals surface area (Å²) < 4.78 is 0. The summed E-state index contributed by atoms with van der Waals surface area (Å²) in [5, 5.41) is 11.4. The quantitative estimate of drug-likeness (QED) is 0.512. The number of hydrogen-bond acceptors (Lipinski definition) is 5. The molecule has 1 aliphatic rings. The zero-order valence-electron chi connectivity index (χ0n) is 15.2. The molecule has 0 radical (unpaired) electrons. The highest BCUT2D eigenvalue weighted by Gasteiger charge is 2.15. The fourth-order valence-electron chi connectivity index (χ4n) is 2.59. The van der Waals surface area contributed by atoms with Crippen molar-refractivity contribution in [1.82, 2.24) is 10.2 Å². The highest BCUT2D eigenvalue weighted by molar-refractivity contribution is 8.15. The molecule has 0 saturated carbocycles. The van der Waals surface area contributed by atoms with Gasteiger partial charge in [-0.15, -0.1) is 5.10 Å². The topological polar surface area (TPSA) is 57.1 Å². The molecule has 0 aromatic heterocycles. The van der Waals surface area contributed by atoms with E-state index in [1.165, 1.54) is 43.0 Å². The van der Waals surface area contributed by atoms with Gasteiger partial charge >= 0.3 is 0 Å². The van der Waals surface area contributed by atoms with E-state index in [1.54, 1.807) is 6.21 Å². The Kier molecular flexibility index (Phi) is 8.69. The molecule has 1 N–H and O–H groups in total. The number of carbonyl (C=O) groups excluding carboxylic acids is 1. The largest absolute Gasteiger partial charge is 0.303 e. The zero-order chi connectivity index (χ0) is 17.9. The molecule has 136 valence electrons. The summed E-state index contributed by atoms with van der Waals surface area (Å²) in [5.41, 5.74) is 2.33. The van der Waals surface area contributed by atoms with Crippen LogP contribution in [0.4, 0.5) is 0 Å². The summed E-state index contributed by atoms with van der Waals surface area (Å²) >= 11 is 1.38. The molecular formula is C19H28N4OS. The monoisotopic (exact) mass is 360 g/mol. The number of rotatable bonds is 10. The van der Waals surface area contributed by atoms with Crippen LogP contribution in [0.25, 0.3) is 0 Å². The Balaban J connectivity index is 1.95. The average molecular weight is 361 g/mol. The van der Waals surface area contributed by atoms with E-state index in [9.17, 15) is 4.79 Å². The van der Waals surface area contributed by atoms with E-state index in [1.807, 2.05) is 6.07 Å². The van der Waals surface area contributed by atoms with Crippen molar-refractivity contribution in [3.05, 3.63) is 35.4 Å². The smallest absolute Gasteiger partial charge is 0.236 e. The van der Waals surface area contributed by atoms with Crippen LogP contribution in [0.3, 0.4) is 0 Å². The Hall–Kier alpha value is -1.66. The molecule has 0 unspecified atom stereocenters. The fourth-order valence-corrected chi connectivity index (χ4v) is 3.22. The van der Waals surface area contributed by atoms with Gasteiger partial charge in [0, 0.05) is 6.54 Å². The van der Waals surface area contributed by atoms with Crippen molar-refractivity contribution in [2.45, 2.75) is 46.1 Å². The second-order valence-electron chi connectivity index (χ2n) is 6.21. The minimum Gasteiger partial charge on any atom is -0.303 e. The third kappa shape index (κ3) is 7.40. The Morgan fingerprint density at radius 3 is 2.64 bits per heavy atom. The van der Waals surface area contributed by atoms with Crippen LogP contribution in [0, 0.1) is 0 Å². The number of amidine groups is 1. The first-order valence-corrected chi connectivity index (χ1v) is 10.0. The average Bonchev–Trinajstić information content (AvgIpc) is 3.03. The molecule has 1 aromatic rings. The maximum atomic E-state index is 11.1. The predicted octanol–water partition coefficient (Wildman–Crippen LogP) is 3.64. The number of thioether (sulfide) groups is 1. The van der Waals surface area contributed by atoms with Gasteiger partial charge < -0.3 is 5.32 Å². The van der Waals surface area contributed by atoms with E-state index in [0.717, 1.165) is 25.2 Å². The molecule has 2 rings (SSSR count). The molecule has 0 spiro atoms. The molecule has 1 aliphatic heterocycles. The molecule has 0 atom stereocenters. The van der Waals surface area contributed by atoms with Crippen LogP contribution in [-0.2, 0) is 11.3 Å². The third-order valence-corrected chi connectivity index (χ3v) is 4.82. The molecule has 6 heteroatoms. The summed E-state index contributed by atoms with van der Waals surface area (Å²) in [7, 11) is 0. The van der Waals surface area contributed by atoms with Crippen LogP contribution in [0.1, 0.15) is 50.7 Å². The maximum Gasteiger partial charge on any atom is 0.236 e. The van der Waals surface area contributed by atoms with E-state index in [0.29, 0.717) is 10.9 Å². The summed E-state index contributed by atoms with van der Waals surface area (Å²) in [5.74, 6) is 0.412. The van der Waals surface area contributed by atoms with Gasteiger partial charge in [0.1, 0.15) is 0 Å². The van der Waals surface area contributed by atoms with Crippen molar-refractivity contribution in [3.8, 4) is 0 Å². The lowest BCUT2D eigenvalue weighted by atomic mass is 10.1. The van der Waals surface area contributed by atoms with E-state index < -0.39 is 0 Å². The van der Waals surface area contributed by atoms with Crippen LogP contribution < -0.4 is 5.32 Å². The third-order valence-electron chi connectivity index (χ3n) is 3.95.